The number of nitrogens with one attached hydrogen (secondary N) is 2. The third-order valence-corrected chi connectivity index (χ3v) is 5.87. The van der Waals surface area contributed by atoms with Crippen LogP contribution in [-0.2, 0) is 9.53 Å². The summed E-state index contributed by atoms with van der Waals surface area (Å²) in [5.74, 6) is -1.22. The zero-order valence-electron chi connectivity index (χ0n) is 18.6. The third-order valence-electron chi connectivity index (χ3n) is 5.87. The summed E-state index contributed by atoms with van der Waals surface area (Å²) in [5.41, 5.74) is 2.52. The van der Waals surface area contributed by atoms with Crippen LogP contribution in [-0.4, -0.2) is 54.3 Å². The maximum Gasteiger partial charge on any atom is 0.261 e. The monoisotopic (exact) mass is 449 g/mol. The fourth-order valence-electron chi connectivity index (χ4n) is 4.12. The molecule has 4 rings (SSSR count). The molecular weight excluding hydrogens is 422 g/mol. The van der Waals surface area contributed by atoms with Crippen molar-refractivity contribution in [1.82, 2.24) is 10.2 Å². The van der Waals surface area contributed by atoms with Gasteiger partial charge in [-0.25, -0.2) is 0 Å². The minimum absolute atomic E-state index is 0.0294. The van der Waals surface area contributed by atoms with Crippen molar-refractivity contribution < 1.29 is 23.9 Å². The van der Waals surface area contributed by atoms with Crippen molar-refractivity contribution in [2.24, 2.45) is 0 Å². The van der Waals surface area contributed by atoms with Gasteiger partial charge in [-0.05, 0) is 50.5 Å². The summed E-state index contributed by atoms with van der Waals surface area (Å²) in [7, 11) is 0. The Bertz CT molecular complexity index is 1090. The number of carbonyl (C=O) groups excluding carboxylic acids is 4. The lowest BCUT2D eigenvalue weighted by Gasteiger charge is -2.15. The smallest absolute Gasteiger partial charge is 0.261 e. The fraction of sp³-hybridized carbons (Fsp3) is 0.360. The topological polar surface area (TPSA) is 105 Å². The SMILES string of the molecule is Cc1ccc2c(c1)C(=O)N(CCCC(=O)Nc1ccccc1C(=O)NCC1CCCO1)C2=O. The summed E-state index contributed by atoms with van der Waals surface area (Å²) in [6, 6.07) is 12.0. The molecule has 0 radical (unpaired) electrons. The molecule has 0 aliphatic carbocycles. The predicted octanol–water partition coefficient (Wildman–Crippen LogP) is 2.92. The predicted molar refractivity (Wildman–Crippen MR) is 122 cm³/mol. The Hall–Kier alpha value is -3.52. The van der Waals surface area contributed by atoms with Crippen LogP contribution in [0.5, 0.6) is 0 Å². The second-order valence-electron chi connectivity index (χ2n) is 8.35. The van der Waals surface area contributed by atoms with Crippen LogP contribution in [0.1, 0.15) is 62.3 Å². The Morgan fingerprint density at radius 2 is 1.88 bits per heavy atom. The van der Waals surface area contributed by atoms with Crippen molar-refractivity contribution in [3.63, 3.8) is 0 Å². The Kier molecular flexibility index (Phi) is 6.84. The van der Waals surface area contributed by atoms with Crippen LogP contribution in [0.3, 0.4) is 0 Å². The van der Waals surface area contributed by atoms with Crippen LogP contribution in [0, 0.1) is 6.92 Å². The summed E-state index contributed by atoms with van der Waals surface area (Å²) in [6.45, 7) is 3.17. The number of para-hydroxylation sites is 1. The third kappa shape index (κ3) is 5.12. The Labute approximate surface area is 192 Å². The minimum atomic E-state index is -0.330. The molecule has 4 amide bonds. The van der Waals surface area contributed by atoms with Crippen LogP contribution in [0.2, 0.25) is 0 Å². The lowest BCUT2D eigenvalue weighted by molar-refractivity contribution is -0.116. The van der Waals surface area contributed by atoms with Crippen LogP contribution in [0.15, 0.2) is 42.5 Å². The number of ether oxygens (including phenoxy) is 1. The molecule has 0 saturated carbocycles. The lowest BCUT2D eigenvalue weighted by Crippen LogP contribution is -2.32. The number of imide groups is 1. The molecule has 8 heteroatoms. The summed E-state index contributed by atoms with van der Waals surface area (Å²) < 4.78 is 5.53. The maximum atomic E-state index is 12.6. The summed E-state index contributed by atoms with van der Waals surface area (Å²) in [6.07, 6.45) is 2.38. The first-order valence-electron chi connectivity index (χ1n) is 11.2. The molecule has 8 nitrogen and oxygen atoms in total. The summed E-state index contributed by atoms with van der Waals surface area (Å²) in [4.78, 5) is 51.3. The number of nitrogens with zero attached hydrogens (tertiary/aromatic N) is 1. The Morgan fingerprint density at radius 1 is 1.09 bits per heavy atom. The van der Waals surface area contributed by atoms with E-state index in [1.54, 1.807) is 42.5 Å². The van der Waals surface area contributed by atoms with Gasteiger partial charge in [0.05, 0.1) is 28.5 Å². The summed E-state index contributed by atoms with van der Waals surface area (Å²) >= 11 is 0. The Balaban J connectivity index is 1.29. The quantitative estimate of drug-likeness (QED) is 0.603. The van der Waals surface area contributed by atoms with Gasteiger partial charge in [-0.15, -0.1) is 0 Å². The molecule has 1 atom stereocenters. The van der Waals surface area contributed by atoms with Crippen molar-refractivity contribution >= 4 is 29.3 Å². The molecule has 1 unspecified atom stereocenters. The number of amides is 4. The number of rotatable bonds is 8. The first kappa shape index (κ1) is 22.7. The van der Waals surface area contributed by atoms with E-state index in [0.29, 0.717) is 42.0 Å². The number of carbonyl (C=O) groups is 4. The van der Waals surface area contributed by atoms with Gasteiger partial charge in [0.25, 0.3) is 17.7 Å². The molecule has 2 aromatic carbocycles. The average molecular weight is 450 g/mol. The number of hydrogen-bond acceptors (Lipinski definition) is 5. The van der Waals surface area contributed by atoms with Crippen molar-refractivity contribution in [3.8, 4) is 0 Å². The number of aryl methyl sites for hydroxylation is 1. The second kappa shape index (κ2) is 9.95. The van der Waals surface area contributed by atoms with Gasteiger partial charge >= 0.3 is 0 Å². The van der Waals surface area contributed by atoms with Gasteiger partial charge in [0.15, 0.2) is 0 Å². The van der Waals surface area contributed by atoms with E-state index >= 15 is 0 Å². The molecule has 0 bridgehead atoms. The van der Waals surface area contributed by atoms with Crippen molar-refractivity contribution in [1.29, 1.82) is 0 Å². The first-order valence-corrected chi connectivity index (χ1v) is 11.2. The van der Waals surface area contributed by atoms with Crippen molar-refractivity contribution in [3.05, 3.63) is 64.7 Å². The van der Waals surface area contributed by atoms with Gasteiger partial charge in [-0.3, -0.25) is 24.1 Å². The number of benzene rings is 2. The standard InChI is InChI=1S/C25H27N3O5/c1-16-10-11-18-20(14-16)25(32)28(24(18)31)12-4-9-22(29)27-21-8-3-2-7-19(21)23(30)26-15-17-6-5-13-33-17/h2-3,7-8,10-11,14,17H,4-6,9,12-13,15H2,1H3,(H,26,30)(H,27,29). The molecule has 0 spiro atoms. The highest BCUT2D eigenvalue weighted by molar-refractivity contribution is 6.21. The molecular formula is C25H27N3O5. The van der Waals surface area contributed by atoms with E-state index < -0.39 is 0 Å². The molecule has 2 N–H and O–H groups in total. The van der Waals surface area contributed by atoms with Gasteiger partial charge in [0.1, 0.15) is 0 Å². The number of hydrogen-bond donors (Lipinski definition) is 2. The fourth-order valence-corrected chi connectivity index (χ4v) is 4.12. The molecule has 33 heavy (non-hydrogen) atoms. The van der Waals surface area contributed by atoms with E-state index in [1.807, 2.05) is 6.92 Å². The van der Waals surface area contributed by atoms with E-state index in [9.17, 15) is 19.2 Å². The van der Waals surface area contributed by atoms with E-state index in [-0.39, 0.29) is 42.7 Å². The first-order chi connectivity index (χ1) is 15.9. The second-order valence-corrected chi connectivity index (χ2v) is 8.35. The highest BCUT2D eigenvalue weighted by atomic mass is 16.5. The molecule has 0 aromatic heterocycles. The van der Waals surface area contributed by atoms with Crippen molar-refractivity contribution in [2.75, 3.05) is 25.0 Å². The van der Waals surface area contributed by atoms with Gasteiger partial charge < -0.3 is 15.4 Å². The molecule has 2 heterocycles. The van der Waals surface area contributed by atoms with Gasteiger partial charge in [-0.1, -0.05) is 23.8 Å². The molecule has 172 valence electrons. The highest BCUT2D eigenvalue weighted by Crippen LogP contribution is 2.24. The average Bonchev–Trinajstić information content (AvgIpc) is 3.40. The van der Waals surface area contributed by atoms with Gasteiger partial charge in [-0.2, -0.15) is 0 Å². The lowest BCUT2D eigenvalue weighted by atomic mass is 10.1. The van der Waals surface area contributed by atoms with Crippen molar-refractivity contribution in [2.45, 2.75) is 38.7 Å². The molecule has 2 aliphatic rings. The largest absolute Gasteiger partial charge is 0.376 e. The normalized spacial score (nSPS) is 17.2. The van der Waals surface area contributed by atoms with Crippen LogP contribution >= 0.6 is 0 Å². The van der Waals surface area contributed by atoms with Gasteiger partial charge in [0.2, 0.25) is 5.91 Å². The van der Waals surface area contributed by atoms with E-state index in [0.717, 1.165) is 18.4 Å². The molecule has 2 aromatic rings. The van der Waals surface area contributed by atoms with Gasteiger partial charge in [0, 0.05) is 26.1 Å². The zero-order chi connectivity index (χ0) is 23.4. The van der Waals surface area contributed by atoms with Crippen LogP contribution in [0.25, 0.3) is 0 Å². The molecule has 1 fully saturated rings. The number of fused-ring (bicyclic) bond motifs is 1. The summed E-state index contributed by atoms with van der Waals surface area (Å²) in [5, 5.41) is 5.63. The number of anilines is 1. The minimum Gasteiger partial charge on any atom is -0.376 e. The Morgan fingerprint density at radius 3 is 2.67 bits per heavy atom. The zero-order valence-corrected chi connectivity index (χ0v) is 18.6. The van der Waals surface area contributed by atoms with E-state index in [2.05, 4.69) is 10.6 Å². The van der Waals surface area contributed by atoms with Crippen LogP contribution in [0.4, 0.5) is 5.69 Å². The molecule has 1 saturated heterocycles. The molecule has 2 aliphatic heterocycles. The van der Waals surface area contributed by atoms with E-state index in [1.165, 1.54) is 4.90 Å². The maximum absolute atomic E-state index is 12.6. The highest BCUT2D eigenvalue weighted by Gasteiger charge is 2.35. The van der Waals surface area contributed by atoms with E-state index in [4.69, 9.17) is 4.74 Å². The van der Waals surface area contributed by atoms with Crippen LogP contribution < -0.4 is 10.6 Å².